The van der Waals surface area contributed by atoms with Crippen molar-refractivity contribution in [1.29, 1.82) is 0 Å². The van der Waals surface area contributed by atoms with E-state index in [0.29, 0.717) is 17.2 Å². The first-order valence-corrected chi connectivity index (χ1v) is 22.5. The molecule has 0 radical (unpaired) electrons. The minimum atomic E-state index is -0.271. The van der Waals surface area contributed by atoms with Crippen molar-refractivity contribution in [2.24, 2.45) is 0 Å². The number of carbonyl (C=O) groups excluding carboxylic acids is 2. The Morgan fingerprint density at radius 1 is 0.460 bits per heavy atom. The van der Waals surface area contributed by atoms with E-state index in [-0.39, 0.29) is 63.5 Å². The number of esters is 2. The van der Waals surface area contributed by atoms with Gasteiger partial charge in [0.05, 0.1) is 31.5 Å². The van der Waals surface area contributed by atoms with Crippen LogP contribution in [0.2, 0.25) is 0 Å². The summed E-state index contributed by atoms with van der Waals surface area (Å²) >= 11 is 0. The minimum Gasteiger partial charge on any atom is -0.459 e. The Labute approximate surface area is 379 Å². The molecule has 6 rings (SSSR count). The molecular formula is C52H79N3O8. The molecule has 0 aromatic heterocycles. The molecule has 0 saturated carbocycles. The fraction of sp³-hybridized carbons (Fsp3) is 0.615. The number of rotatable bonds is 10. The van der Waals surface area contributed by atoms with Crippen molar-refractivity contribution in [3.05, 3.63) is 108 Å². The third-order valence-electron chi connectivity index (χ3n) is 12.5. The van der Waals surface area contributed by atoms with Gasteiger partial charge < -0.3 is 23.9 Å². The van der Waals surface area contributed by atoms with Crippen LogP contribution in [0.25, 0.3) is 0 Å². The topological polar surface area (TPSA) is 99.2 Å². The molecular weight excluding hydrogens is 795 g/mol. The number of methoxy groups -OCH3 is 1. The fourth-order valence-electron chi connectivity index (χ4n) is 10.7. The zero-order chi connectivity index (χ0) is 47.0. The molecule has 3 aromatic carbocycles. The SMILES string of the molecule is CC(ON1C(C)(C)CC(OC(=O)c2ccccc2)CC1(C)C)c1ccccc1.COC1CC(C)(C)N(OC)C(C)(C)C1.CON1C(C)(C)CC(OC(=O)c2ccccc2)CC1(C)C. The van der Waals surface area contributed by atoms with E-state index in [1.165, 1.54) is 0 Å². The summed E-state index contributed by atoms with van der Waals surface area (Å²) in [5.74, 6) is -0.512. The van der Waals surface area contributed by atoms with Crippen molar-refractivity contribution >= 4 is 11.9 Å². The summed E-state index contributed by atoms with van der Waals surface area (Å²) in [4.78, 5) is 42.2. The summed E-state index contributed by atoms with van der Waals surface area (Å²) in [5.41, 5.74) is 1.51. The smallest absolute Gasteiger partial charge is 0.338 e. The van der Waals surface area contributed by atoms with E-state index >= 15 is 0 Å². The second-order valence-corrected chi connectivity index (χ2v) is 21.2. The van der Waals surface area contributed by atoms with Gasteiger partial charge in [-0.1, -0.05) is 66.7 Å². The number of hydrogen-bond acceptors (Lipinski definition) is 11. The average molecular weight is 874 g/mol. The van der Waals surface area contributed by atoms with Crippen molar-refractivity contribution in [1.82, 2.24) is 15.2 Å². The highest BCUT2D eigenvalue weighted by Gasteiger charge is 2.50. The lowest BCUT2D eigenvalue weighted by Gasteiger charge is -2.54. The lowest BCUT2D eigenvalue weighted by Crippen LogP contribution is -2.62. The Morgan fingerprint density at radius 3 is 1.05 bits per heavy atom. The number of piperidine rings is 3. The molecule has 1 atom stereocenters. The van der Waals surface area contributed by atoms with Crippen LogP contribution in [0.1, 0.15) is 161 Å². The summed E-state index contributed by atoms with van der Waals surface area (Å²) in [7, 11) is 5.23. The summed E-state index contributed by atoms with van der Waals surface area (Å²) in [6.45, 7) is 27.9. The van der Waals surface area contributed by atoms with Crippen molar-refractivity contribution in [3.8, 4) is 0 Å². The molecule has 11 nitrogen and oxygen atoms in total. The Hall–Kier alpha value is -3.68. The molecule has 3 heterocycles. The van der Waals surface area contributed by atoms with Crippen LogP contribution >= 0.6 is 0 Å². The molecule has 63 heavy (non-hydrogen) atoms. The van der Waals surface area contributed by atoms with Crippen LogP contribution in [0.3, 0.4) is 0 Å². The zero-order valence-corrected chi connectivity index (χ0v) is 41.3. The highest BCUT2D eigenvalue weighted by Crippen LogP contribution is 2.43. The predicted octanol–water partition coefficient (Wildman–Crippen LogP) is 11.2. The van der Waals surface area contributed by atoms with Crippen molar-refractivity contribution in [2.45, 2.75) is 186 Å². The maximum Gasteiger partial charge on any atom is 0.338 e. The predicted molar refractivity (Wildman–Crippen MR) is 250 cm³/mol. The number of ether oxygens (including phenoxy) is 3. The lowest BCUT2D eigenvalue weighted by atomic mass is 9.80. The monoisotopic (exact) mass is 874 g/mol. The average Bonchev–Trinajstić information content (AvgIpc) is 3.19. The van der Waals surface area contributed by atoms with E-state index in [2.05, 4.69) is 112 Å². The second-order valence-electron chi connectivity index (χ2n) is 21.2. The number of carbonyl (C=O) groups is 2. The second kappa shape index (κ2) is 21.1. The van der Waals surface area contributed by atoms with Gasteiger partial charge in [0.25, 0.3) is 0 Å². The summed E-state index contributed by atoms with van der Waals surface area (Å²) in [6, 6.07) is 28.6. The third-order valence-corrected chi connectivity index (χ3v) is 12.5. The van der Waals surface area contributed by atoms with Crippen LogP contribution in [0.5, 0.6) is 0 Å². The van der Waals surface area contributed by atoms with E-state index in [9.17, 15) is 9.59 Å². The van der Waals surface area contributed by atoms with E-state index in [1.807, 2.05) is 59.7 Å². The van der Waals surface area contributed by atoms with Gasteiger partial charge in [0.1, 0.15) is 18.3 Å². The molecule has 0 spiro atoms. The van der Waals surface area contributed by atoms with Gasteiger partial charge >= 0.3 is 11.9 Å². The van der Waals surface area contributed by atoms with Crippen LogP contribution in [0, 0.1) is 0 Å². The Kier molecular flexibility index (Phi) is 17.4. The van der Waals surface area contributed by atoms with Gasteiger partial charge in [-0.05, 0) is 133 Å². The van der Waals surface area contributed by atoms with Gasteiger partial charge in [-0.3, -0.25) is 4.84 Å². The highest BCUT2D eigenvalue weighted by molar-refractivity contribution is 5.89. The van der Waals surface area contributed by atoms with Crippen LogP contribution in [-0.2, 0) is 28.7 Å². The summed E-state index contributed by atoms with van der Waals surface area (Å²) in [6.07, 6.45) is 5.01. The van der Waals surface area contributed by atoms with Crippen molar-refractivity contribution in [2.75, 3.05) is 21.3 Å². The number of benzene rings is 3. The van der Waals surface area contributed by atoms with E-state index in [4.69, 9.17) is 28.7 Å². The first-order valence-electron chi connectivity index (χ1n) is 22.5. The molecule has 0 amide bonds. The number of hydroxylamine groups is 6. The van der Waals surface area contributed by atoms with Crippen LogP contribution in [0.15, 0.2) is 91.0 Å². The first-order chi connectivity index (χ1) is 29.3. The highest BCUT2D eigenvalue weighted by atomic mass is 16.7. The Bertz CT molecular complexity index is 1830. The molecule has 3 saturated heterocycles. The van der Waals surface area contributed by atoms with Crippen LogP contribution in [0.4, 0.5) is 0 Å². The van der Waals surface area contributed by atoms with E-state index in [0.717, 1.165) is 44.1 Å². The summed E-state index contributed by atoms with van der Waals surface area (Å²) in [5, 5.41) is 6.20. The first kappa shape index (κ1) is 51.9. The molecule has 1 unspecified atom stereocenters. The molecule has 3 aliphatic rings. The van der Waals surface area contributed by atoms with Crippen molar-refractivity contribution < 1.29 is 38.3 Å². The Morgan fingerprint density at radius 2 is 0.746 bits per heavy atom. The van der Waals surface area contributed by atoms with Crippen LogP contribution in [-0.4, -0.2) is 100 Å². The maximum absolute atomic E-state index is 12.5. The van der Waals surface area contributed by atoms with Gasteiger partial charge in [-0.15, -0.1) is 0 Å². The maximum atomic E-state index is 12.5. The fourth-order valence-corrected chi connectivity index (χ4v) is 10.7. The standard InChI is InChI=1S/C24H31NO3.C17H25NO3.C11H23NO2/c1-18(19-12-8-6-9-13-19)28-25-23(2,3)16-21(17-24(25,4)5)27-22(26)20-14-10-7-11-15-20;1-16(2)11-14(12-17(3,4)18(16)20-5)21-15(19)13-9-7-6-8-10-13;1-10(2)7-9(13-5)8-11(3,4)12(10)14-6/h6-15,18,21H,16-17H2,1-5H3;6-10,14H,11-12H2,1-5H3;9H,7-8H2,1-6H3. The van der Waals surface area contributed by atoms with Crippen molar-refractivity contribution in [3.63, 3.8) is 0 Å². The molecule has 3 aromatic rings. The van der Waals surface area contributed by atoms with Gasteiger partial charge in [-0.25, -0.2) is 9.59 Å². The van der Waals surface area contributed by atoms with E-state index < -0.39 is 0 Å². The normalized spacial score (nSPS) is 22.6. The molecule has 350 valence electrons. The van der Waals surface area contributed by atoms with Gasteiger partial charge in [0.15, 0.2) is 0 Å². The molecule has 0 aliphatic carbocycles. The molecule has 11 heteroatoms. The quantitative estimate of drug-likeness (QED) is 0.182. The number of nitrogens with zero attached hydrogens (tertiary/aromatic N) is 3. The Balaban J connectivity index is 0.000000220. The van der Waals surface area contributed by atoms with Gasteiger partial charge in [0, 0.05) is 66.0 Å². The molecule has 3 aliphatic heterocycles. The molecule has 3 fully saturated rings. The minimum absolute atomic E-state index is 0.0389. The van der Waals surface area contributed by atoms with E-state index in [1.54, 1.807) is 45.6 Å². The molecule has 0 N–H and O–H groups in total. The van der Waals surface area contributed by atoms with Crippen LogP contribution < -0.4 is 0 Å². The summed E-state index contributed by atoms with van der Waals surface area (Å²) < 4.78 is 17.1. The van der Waals surface area contributed by atoms with Gasteiger partial charge in [-0.2, -0.15) is 15.2 Å². The molecule has 0 bridgehead atoms. The van der Waals surface area contributed by atoms with Gasteiger partial charge in [0.2, 0.25) is 0 Å². The zero-order valence-electron chi connectivity index (χ0n) is 41.3. The number of hydrogen-bond donors (Lipinski definition) is 0. The third kappa shape index (κ3) is 13.7. The largest absolute Gasteiger partial charge is 0.459 e. The lowest BCUT2D eigenvalue weighted by molar-refractivity contribution is -0.313.